The van der Waals surface area contributed by atoms with Gasteiger partial charge in [0.1, 0.15) is 5.84 Å². The molecule has 0 amide bonds. The van der Waals surface area contributed by atoms with E-state index in [1.54, 1.807) is 0 Å². The molecule has 0 fully saturated rings. The molecule has 0 saturated carbocycles. The van der Waals surface area contributed by atoms with Crippen LogP contribution in [0.1, 0.15) is 0 Å². The summed E-state index contributed by atoms with van der Waals surface area (Å²) in [5, 5.41) is 0.472. The van der Waals surface area contributed by atoms with Gasteiger partial charge in [0.25, 0.3) is 10.0 Å². The van der Waals surface area contributed by atoms with Crippen LogP contribution in [0, 0.1) is 0 Å². The van der Waals surface area contributed by atoms with Crippen molar-refractivity contribution < 1.29 is 8.42 Å². The van der Waals surface area contributed by atoms with Gasteiger partial charge in [0.15, 0.2) is 0 Å². The number of nitrogens with zero attached hydrogens (tertiary/aromatic N) is 1. The molecule has 0 spiro atoms. The van der Waals surface area contributed by atoms with Crippen LogP contribution in [0.15, 0.2) is 33.6 Å². The molecule has 1 rings (SSSR count). The van der Waals surface area contributed by atoms with Gasteiger partial charge >= 0.3 is 0 Å². The van der Waals surface area contributed by atoms with E-state index in [2.05, 4.69) is 4.40 Å². The summed E-state index contributed by atoms with van der Waals surface area (Å²) in [6.07, 6.45) is 1.82. The summed E-state index contributed by atoms with van der Waals surface area (Å²) in [5.41, 5.74) is 5.46. The minimum absolute atomic E-state index is 0.0842. The number of sulfonamides is 1. The minimum Gasteiger partial charge on any atom is -0.386 e. The summed E-state index contributed by atoms with van der Waals surface area (Å²) in [7, 11) is -3.71. The van der Waals surface area contributed by atoms with Gasteiger partial charge in [-0.15, -0.1) is 4.40 Å². The standard InChI is InChI=1S/C9H11ClN2O2S2/c1-15-6-9(11)12-16(13,14)8-4-2-7(10)3-5-8/h2-5H,6H2,1H3,(H2,11,12). The Bertz CT molecular complexity index is 483. The maximum atomic E-state index is 11.7. The highest BCUT2D eigenvalue weighted by Crippen LogP contribution is 2.16. The van der Waals surface area contributed by atoms with Crippen LogP contribution < -0.4 is 5.73 Å². The number of thioether (sulfide) groups is 1. The smallest absolute Gasteiger partial charge is 0.283 e. The molecule has 88 valence electrons. The molecule has 0 atom stereocenters. The van der Waals surface area contributed by atoms with Crippen molar-refractivity contribution in [1.82, 2.24) is 0 Å². The second-order valence-corrected chi connectivity index (χ2v) is 5.85. The van der Waals surface area contributed by atoms with Crippen molar-refractivity contribution in [2.45, 2.75) is 4.90 Å². The van der Waals surface area contributed by atoms with Crippen LogP contribution in [-0.2, 0) is 10.0 Å². The highest BCUT2D eigenvalue weighted by Gasteiger charge is 2.12. The van der Waals surface area contributed by atoms with Crippen molar-refractivity contribution in [3.63, 3.8) is 0 Å². The molecule has 0 aromatic heterocycles. The first-order valence-electron chi connectivity index (χ1n) is 4.29. The van der Waals surface area contributed by atoms with Gasteiger partial charge in [0.2, 0.25) is 0 Å². The number of rotatable bonds is 4. The van der Waals surface area contributed by atoms with E-state index in [1.807, 2.05) is 6.26 Å². The Labute approximate surface area is 104 Å². The predicted octanol–water partition coefficient (Wildman–Crippen LogP) is 1.75. The van der Waals surface area contributed by atoms with Crippen LogP contribution in [0.3, 0.4) is 0 Å². The average Bonchev–Trinajstić information content (AvgIpc) is 2.17. The first kappa shape index (κ1) is 13.3. The Hall–Kier alpha value is -0.720. The van der Waals surface area contributed by atoms with E-state index in [-0.39, 0.29) is 10.7 Å². The van der Waals surface area contributed by atoms with E-state index < -0.39 is 10.0 Å². The third kappa shape index (κ3) is 3.70. The molecular weight excluding hydrogens is 268 g/mol. The van der Waals surface area contributed by atoms with E-state index in [0.717, 1.165) is 0 Å². The topological polar surface area (TPSA) is 72.5 Å². The lowest BCUT2D eigenvalue weighted by Gasteiger charge is -2.00. The lowest BCUT2D eigenvalue weighted by atomic mass is 10.4. The summed E-state index contributed by atoms with van der Waals surface area (Å²) in [6.45, 7) is 0. The van der Waals surface area contributed by atoms with Gasteiger partial charge in [-0.05, 0) is 30.5 Å². The van der Waals surface area contributed by atoms with Gasteiger partial charge in [0.05, 0.1) is 10.6 Å². The van der Waals surface area contributed by atoms with Crippen molar-refractivity contribution in [1.29, 1.82) is 0 Å². The molecule has 0 aliphatic rings. The molecule has 0 heterocycles. The Morgan fingerprint density at radius 2 is 2.00 bits per heavy atom. The molecule has 0 aliphatic carbocycles. The van der Waals surface area contributed by atoms with E-state index in [1.165, 1.54) is 36.0 Å². The summed E-state index contributed by atoms with van der Waals surface area (Å²) in [5.74, 6) is 0.467. The third-order valence-electron chi connectivity index (χ3n) is 1.64. The predicted molar refractivity (Wildman–Crippen MR) is 68.6 cm³/mol. The van der Waals surface area contributed by atoms with Gasteiger partial charge in [0, 0.05) is 5.02 Å². The zero-order chi connectivity index (χ0) is 12.2. The van der Waals surface area contributed by atoms with Crippen molar-refractivity contribution in [3.05, 3.63) is 29.3 Å². The maximum absolute atomic E-state index is 11.7. The number of amidine groups is 1. The molecule has 1 aromatic rings. The zero-order valence-corrected chi connectivity index (χ0v) is 10.9. The van der Waals surface area contributed by atoms with Gasteiger partial charge in [-0.3, -0.25) is 0 Å². The quantitative estimate of drug-likeness (QED) is 0.673. The summed E-state index contributed by atoms with van der Waals surface area (Å²) in [6, 6.07) is 5.78. The number of hydrogen-bond acceptors (Lipinski definition) is 3. The van der Waals surface area contributed by atoms with Gasteiger partial charge in [-0.25, -0.2) is 0 Å². The van der Waals surface area contributed by atoms with Crippen LogP contribution in [0.4, 0.5) is 0 Å². The monoisotopic (exact) mass is 278 g/mol. The highest BCUT2D eigenvalue weighted by molar-refractivity contribution is 7.99. The largest absolute Gasteiger partial charge is 0.386 e. The SMILES string of the molecule is CSC/C(N)=N/S(=O)(=O)c1ccc(Cl)cc1. The average molecular weight is 279 g/mol. The minimum atomic E-state index is -3.71. The molecule has 0 saturated heterocycles. The normalized spacial score (nSPS) is 12.8. The molecule has 0 aliphatic heterocycles. The first-order chi connectivity index (χ1) is 7.45. The fourth-order valence-electron chi connectivity index (χ4n) is 0.988. The van der Waals surface area contributed by atoms with Crippen LogP contribution in [0.5, 0.6) is 0 Å². The lowest BCUT2D eigenvalue weighted by molar-refractivity contribution is 0.598. The van der Waals surface area contributed by atoms with Gasteiger partial charge < -0.3 is 5.73 Å². The zero-order valence-electron chi connectivity index (χ0n) is 8.55. The van der Waals surface area contributed by atoms with Crippen LogP contribution in [-0.4, -0.2) is 26.3 Å². The van der Waals surface area contributed by atoms with Crippen molar-refractivity contribution in [3.8, 4) is 0 Å². The first-order valence-corrected chi connectivity index (χ1v) is 7.51. The van der Waals surface area contributed by atoms with E-state index in [9.17, 15) is 8.42 Å². The van der Waals surface area contributed by atoms with E-state index in [4.69, 9.17) is 17.3 Å². The molecule has 16 heavy (non-hydrogen) atoms. The number of halogens is 1. The Balaban J connectivity index is 3.03. The second kappa shape index (κ2) is 5.56. The summed E-state index contributed by atoms with van der Waals surface area (Å²) < 4.78 is 26.9. The Kier molecular flexibility index (Phi) is 4.64. The maximum Gasteiger partial charge on any atom is 0.283 e. The number of benzene rings is 1. The highest BCUT2D eigenvalue weighted by atomic mass is 35.5. The fourth-order valence-corrected chi connectivity index (χ4v) is 2.51. The van der Waals surface area contributed by atoms with Crippen LogP contribution in [0.25, 0.3) is 0 Å². The Morgan fingerprint density at radius 3 is 2.50 bits per heavy atom. The summed E-state index contributed by atoms with van der Waals surface area (Å²) in [4.78, 5) is 0.0842. The third-order valence-corrected chi connectivity index (χ3v) is 3.82. The molecule has 0 radical (unpaired) electrons. The number of nitrogens with two attached hydrogens (primary N) is 1. The van der Waals surface area contributed by atoms with Crippen LogP contribution >= 0.6 is 23.4 Å². The van der Waals surface area contributed by atoms with Crippen molar-refractivity contribution in [2.24, 2.45) is 10.1 Å². The molecule has 0 unspecified atom stereocenters. The van der Waals surface area contributed by atoms with E-state index in [0.29, 0.717) is 10.8 Å². The number of hydrogen-bond donors (Lipinski definition) is 1. The molecule has 7 heteroatoms. The molecule has 2 N–H and O–H groups in total. The van der Waals surface area contributed by atoms with Crippen molar-refractivity contribution >= 4 is 39.2 Å². The van der Waals surface area contributed by atoms with Crippen LogP contribution in [0.2, 0.25) is 5.02 Å². The summed E-state index contributed by atoms with van der Waals surface area (Å²) >= 11 is 7.07. The second-order valence-electron chi connectivity index (χ2n) is 2.94. The molecular formula is C9H11ClN2O2S2. The molecule has 4 nitrogen and oxygen atoms in total. The lowest BCUT2D eigenvalue weighted by Crippen LogP contribution is -2.17. The Morgan fingerprint density at radius 1 is 1.44 bits per heavy atom. The molecule has 1 aromatic carbocycles. The molecule has 0 bridgehead atoms. The van der Waals surface area contributed by atoms with Gasteiger partial charge in [-0.1, -0.05) is 11.6 Å². The van der Waals surface area contributed by atoms with Crippen molar-refractivity contribution in [2.75, 3.05) is 12.0 Å². The fraction of sp³-hybridized carbons (Fsp3) is 0.222. The van der Waals surface area contributed by atoms with E-state index >= 15 is 0 Å². The van der Waals surface area contributed by atoms with Gasteiger partial charge in [-0.2, -0.15) is 20.2 Å².